The van der Waals surface area contributed by atoms with Gasteiger partial charge in [0.1, 0.15) is 5.82 Å². The maximum atomic E-state index is 5.82. The van der Waals surface area contributed by atoms with E-state index in [1.807, 2.05) is 6.92 Å². The van der Waals surface area contributed by atoms with Crippen molar-refractivity contribution in [3.63, 3.8) is 0 Å². The number of hydrogen-bond donors (Lipinski definition) is 2. The third-order valence-corrected chi connectivity index (χ3v) is 2.78. The van der Waals surface area contributed by atoms with E-state index in [2.05, 4.69) is 15.2 Å². The molecule has 1 aliphatic carbocycles. The van der Waals surface area contributed by atoms with Gasteiger partial charge in [0.25, 0.3) is 0 Å². The van der Waals surface area contributed by atoms with Crippen molar-refractivity contribution in [2.45, 2.75) is 44.6 Å². The largest absolute Gasteiger partial charge is 0.321 e. The SMILES string of the molecule is CCC(N)c1n[nH]c(C2CCC2)n1. The minimum absolute atomic E-state index is 0.00919. The second kappa shape index (κ2) is 3.46. The topological polar surface area (TPSA) is 67.6 Å². The normalized spacial score (nSPS) is 19.8. The number of nitrogens with one attached hydrogen (secondary N) is 1. The number of nitrogens with two attached hydrogens (primary N) is 1. The van der Waals surface area contributed by atoms with Crippen molar-refractivity contribution in [2.24, 2.45) is 5.73 Å². The van der Waals surface area contributed by atoms with E-state index in [1.54, 1.807) is 0 Å². The smallest absolute Gasteiger partial charge is 0.167 e. The van der Waals surface area contributed by atoms with Crippen molar-refractivity contribution in [2.75, 3.05) is 0 Å². The monoisotopic (exact) mass is 180 g/mol. The zero-order valence-electron chi connectivity index (χ0n) is 7.95. The lowest BCUT2D eigenvalue weighted by Crippen LogP contribution is -2.12. The Bertz CT molecular complexity index is 258. The van der Waals surface area contributed by atoms with Crippen LogP contribution in [0.4, 0.5) is 0 Å². The fourth-order valence-corrected chi connectivity index (χ4v) is 1.50. The lowest BCUT2D eigenvalue weighted by Gasteiger charge is -2.22. The van der Waals surface area contributed by atoms with Gasteiger partial charge in [0.05, 0.1) is 6.04 Å². The quantitative estimate of drug-likeness (QED) is 0.740. The summed E-state index contributed by atoms with van der Waals surface area (Å²) in [6, 6.07) is -0.00919. The van der Waals surface area contributed by atoms with Crippen LogP contribution in [0.5, 0.6) is 0 Å². The molecule has 1 heterocycles. The molecule has 1 aromatic rings. The molecule has 0 saturated heterocycles. The van der Waals surface area contributed by atoms with Crippen LogP contribution in [-0.2, 0) is 0 Å². The summed E-state index contributed by atoms with van der Waals surface area (Å²) in [6.45, 7) is 2.05. The molecule has 3 N–H and O–H groups in total. The molecule has 1 unspecified atom stereocenters. The van der Waals surface area contributed by atoms with E-state index in [9.17, 15) is 0 Å². The summed E-state index contributed by atoms with van der Waals surface area (Å²) in [5, 5.41) is 7.11. The summed E-state index contributed by atoms with van der Waals surface area (Å²) in [6.07, 6.45) is 4.70. The van der Waals surface area contributed by atoms with Gasteiger partial charge >= 0.3 is 0 Å². The number of hydrogen-bond acceptors (Lipinski definition) is 3. The third-order valence-electron chi connectivity index (χ3n) is 2.78. The minimum Gasteiger partial charge on any atom is -0.321 e. The Morgan fingerprint density at radius 3 is 2.92 bits per heavy atom. The van der Waals surface area contributed by atoms with E-state index < -0.39 is 0 Å². The van der Waals surface area contributed by atoms with Gasteiger partial charge in [-0.05, 0) is 19.3 Å². The van der Waals surface area contributed by atoms with Gasteiger partial charge in [0.2, 0.25) is 0 Å². The molecule has 1 atom stereocenters. The number of aromatic nitrogens is 3. The van der Waals surface area contributed by atoms with Crippen LogP contribution in [0.2, 0.25) is 0 Å². The maximum Gasteiger partial charge on any atom is 0.167 e. The van der Waals surface area contributed by atoms with Crippen LogP contribution in [0.1, 0.15) is 56.2 Å². The van der Waals surface area contributed by atoms with Gasteiger partial charge in [0.15, 0.2) is 5.82 Å². The Morgan fingerprint density at radius 2 is 2.38 bits per heavy atom. The standard InChI is InChI=1S/C9H16N4/c1-2-7(10)9-11-8(12-13-9)6-4-3-5-6/h6-7H,2-5,10H2,1H3,(H,11,12,13). The average molecular weight is 180 g/mol. The third kappa shape index (κ3) is 1.58. The van der Waals surface area contributed by atoms with E-state index in [0.717, 1.165) is 18.1 Å². The van der Waals surface area contributed by atoms with Crippen molar-refractivity contribution in [3.05, 3.63) is 11.6 Å². The molecule has 13 heavy (non-hydrogen) atoms. The Balaban J connectivity index is 2.08. The summed E-state index contributed by atoms with van der Waals surface area (Å²) in [5.74, 6) is 2.42. The second-order valence-electron chi connectivity index (χ2n) is 3.72. The molecule has 1 fully saturated rings. The van der Waals surface area contributed by atoms with E-state index in [0.29, 0.717) is 5.92 Å². The Kier molecular flexibility index (Phi) is 2.31. The molecule has 1 saturated carbocycles. The molecular weight excluding hydrogens is 164 g/mol. The van der Waals surface area contributed by atoms with Crippen LogP contribution in [0.25, 0.3) is 0 Å². The van der Waals surface area contributed by atoms with Gasteiger partial charge in [0, 0.05) is 5.92 Å². The first-order valence-corrected chi connectivity index (χ1v) is 4.99. The number of aromatic amines is 1. The summed E-state index contributed by atoms with van der Waals surface area (Å²) >= 11 is 0. The summed E-state index contributed by atoms with van der Waals surface area (Å²) in [7, 11) is 0. The van der Waals surface area contributed by atoms with Crippen LogP contribution < -0.4 is 5.73 Å². The van der Waals surface area contributed by atoms with Crippen LogP contribution in [0.15, 0.2) is 0 Å². The van der Waals surface area contributed by atoms with Crippen molar-refractivity contribution in [1.29, 1.82) is 0 Å². The fraction of sp³-hybridized carbons (Fsp3) is 0.778. The Labute approximate surface area is 77.9 Å². The molecule has 0 bridgehead atoms. The van der Waals surface area contributed by atoms with Crippen molar-refractivity contribution < 1.29 is 0 Å². The molecule has 0 aromatic carbocycles. The van der Waals surface area contributed by atoms with Crippen LogP contribution in [-0.4, -0.2) is 15.2 Å². The van der Waals surface area contributed by atoms with Crippen LogP contribution >= 0.6 is 0 Å². The lowest BCUT2D eigenvalue weighted by atomic mass is 9.85. The first-order chi connectivity index (χ1) is 6.31. The van der Waals surface area contributed by atoms with Gasteiger partial charge in [-0.15, -0.1) is 0 Å². The molecular formula is C9H16N4. The molecule has 1 aromatic heterocycles. The average Bonchev–Trinajstić information content (AvgIpc) is 2.49. The Hall–Kier alpha value is -0.900. The highest BCUT2D eigenvalue weighted by atomic mass is 15.2. The van der Waals surface area contributed by atoms with Crippen molar-refractivity contribution in [1.82, 2.24) is 15.2 Å². The van der Waals surface area contributed by atoms with E-state index in [4.69, 9.17) is 5.73 Å². The molecule has 0 radical (unpaired) electrons. The molecule has 4 nitrogen and oxygen atoms in total. The summed E-state index contributed by atoms with van der Waals surface area (Å²) in [4.78, 5) is 4.41. The highest BCUT2D eigenvalue weighted by Crippen LogP contribution is 2.34. The molecule has 1 aliphatic rings. The lowest BCUT2D eigenvalue weighted by molar-refractivity contribution is 0.402. The number of nitrogens with zero attached hydrogens (tertiary/aromatic N) is 2. The van der Waals surface area contributed by atoms with E-state index in [1.165, 1.54) is 19.3 Å². The fourth-order valence-electron chi connectivity index (χ4n) is 1.50. The zero-order valence-corrected chi connectivity index (χ0v) is 7.95. The first-order valence-electron chi connectivity index (χ1n) is 4.99. The van der Waals surface area contributed by atoms with Crippen LogP contribution in [0.3, 0.4) is 0 Å². The second-order valence-corrected chi connectivity index (χ2v) is 3.72. The molecule has 0 amide bonds. The summed E-state index contributed by atoms with van der Waals surface area (Å²) < 4.78 is 0. The van der Waals surface area contributed by atoms with Gasteiger partial charge in [-0.2, -0.15) is 5.10 Å². The maximum absolute atomic E-state index is 5.82. The minimum atomic E-state index is -0.00919. The molecule has 4 heteroatoms. The van der Waals surface area contributed by atoms with Gasteiger partial charge in [-0.25, -0.2) is 4.98 Å². The zero-order chi connectivity index (χ0) is 9.26. The van der Waals surface area contributed by atoms with Gasteiger partial charge in [-0.1, -0.05) is 13.3 Å². The van der Waals surface area contributed by atoms with Gasteiger partial charge < -0.3 is 5.73 Å². The van der Waals surface area contributed by atoms with Gasteiger partial charge in [-0.3, -0.25) is 5.10 Å². The highest BCUT2D eigenvalue weighted by molar-refractivity contribution is 5.03. The summed E-state index contributed by atoms with van der Waals surface area (Å²) in [5.41, 5.74) is 5.82. The Morgan fingerprint density at radius 1 is 1.62 bits per heavy atom. The first kappa shape index (κ1) is 8.69. The number of rotatable bonds is 3. The van der Waals surface area contributed by atoms with E-state index in [-0.39, 0.29) is 6.04 Å². The number of H-pyrrole nitrogens is 1. The van der Waals surface area contributed by atoms with Crippen molar-refractivity contribution >= 4 is 0 Å². The van der Waals surface area contributed by atoms with Crippen molar-refractivity contribution in [3.8, 4) is 0 Å². The van der Waals surface area contributed by atoms with E-state index >= 15 is 0 Å². The highest BCUT2D eigenvalue weighted by Gasteiger charge is 2.23. The van der Waals surface area contributed by atoms with Crippen LogP contribution in [0, 0.1) is 0 Å². The molecule has 2 rings (SSSR count). The molecule has 72 valence electrons. The predicted octanol–water partition coefficient (Wildman–Crippen LogP) is 1.48. The molecule has 0 spiro atoms. The predicted molar refractivity (Wildman–Crippen MR) is 50.2 cm³/mol. The molecule has 0 aliphatic heterocycles.